The molecular weight excluding hydrogens is 322 g/mol. The molecule has 2 rings (SSSR count). The van der Waals surface area contributed by atoms with E-state index in [4.69, 9.17) is 0 Å². The van der Waals surface area contributed by atoms with Crippen LogP contribution in [0, 0.1) is 6.92 Å². The van der Waals surface area contributed by atoms with Crippen molar-refractivity contribution in [2.24, 2.45) is 0 Å². The summed E-state index contributed by atoms with van der Waals surface area (Å²) < 4.78 is 0. The van der Waals surface area contributed by atoms with Crippen molar-refractivity contribution in [3.63, 3.8) is 0 Å². The lowest BCUT2D eigenvalue weighted by molar-refractivity contribution is -0.122. The zero-order chi connectivity index (χ0) is 17.5. The minimum Gasteiger partial charge on any atom is -0.355 e. The molecule has 1 saturated heterocycles. The maximum Gasteiger partial charge on any atom is 0.264 e. The lowest BCUT2D eigenvalue weighted by Gasteiger charge is -2.34. The van der Waals surface area contributed by atoms with Crippen molar-refractivity contribution in [1.29, 1.82) is 0 Å². The van der Waals surface area contributed by atoms with Gasteiger partial charge in [0.2, 0.25) is 5.91 Å². The summed E-state index contributed by atoms with van der Waals surface area (Å²) in [5.74, 6) is 0.222. The fourth-order valence-electron chi connectivity index (χ4n) is 2.90. The second-order valence-corrected chi connectivity index (χ2v) is 7.48. The monoisotopic (exact) mass is 351 g/mol. The number of unbranched alkanes of at least 4 members (excludes halogenated alkanes) is 1. The van der Waals surface area contributed by atoms with Gasteiger partial charge in [0.1, 0.15) is 0 Å². The Labute approximate surface area is 149 Å². The molecule has 1 aromatic heterocycles. The van der Waals surface area contributed by atoms with Gasteiger partial charge in [-0.05, 0) is 31.4 Å². The van der Waals surface area contributed by atoms with Crippen LogP contribution < -0.4 is 5.32 Å². The van der Waals surface area contributed by atoms with Crippen LogP contribution in [0.3, 0.4) is 0 Å². The zero-order valence-electron chi connectivity index (χ0n) is 15.1. The Morgan fingerprint density at radius 3 is 2.50 bits per heavy atom. The molecule has 0 radical (unpaired) electrons. The van der Waals surface area contributed by atoms with Gasteiger partial charge in [0.05, 0.1) is 11.4 Å². The third-order valence-electron chi connectivity index (χ3n) is 4.43. The van der Waals surface area contributed by atoms with Crippen LogP contribution >= 0.6 is 11.3 Å². The molecule has 0 aromatic carbocycles. The average Bonchev–Trinajstić information content (AvgIpc) is 2.96. The highest BCUT2D eigenvalue weighted by Gasteiger charge is 2.24. The highest BCUT2D eigenvalue weighted by molar-refractivity contribution is 7.14. The van der Waals surface area contributed by atoms with Crippen LogP contribution in [-0.2, 0) is 11.2 Å². The number of amides is 2. The van der Waals surface area contributed by atoms with E-state index in [1.165, 1.54) is 10.4 Å². The lowest BCUT2D eigenvalue weighted by atomic mass is 10.2. The van der Waals surface area contributed by atoms with Crippen molar-refractivity contribution >= 4 is 23.2 Å². The van der Waals surface area contributed by atoms with Gasteiger partial charge in [-0.15, -0.1) is 11.3 Å². The summed E-state index contributed by atoms with van der Waals surface area (Å²) in [6.45, 7) is 10.4. The largest absolute Gasteiger partial charge is 0.355 e. The van der Waals surface area contributed by atoms with Gasteiger partial charge in [-0.1, -0.05) is 20.3 Å². The van der Waals surface area contributed by atoms with Crippen LogP contribution in [-0.4, -0.2) is 60.9 Å². The van der Waals surface area contributed by atoms with Crippen molar-refractivity contribution in [3.8, 4) is 0 Å². The molecule has 1 fully saturated rings. The molecule has 1 aliphatic heterocycles. The highest BCUT2D eigenvalue weighted by atomic mass is 32.1. The Balaban J connectivity index is 1.79. The van der Waals surface area contributed by atoms with Crippen LogP contribution in [0.15, 0.2) is 6.07 Å². The number of rotatable bonds is 7. The van der Waals surface area contributed by atoms with Gasteiger partial charge in [-0.3, -0.25) is 14.5 Å². The molecule has 0 atom stereocenters. The minimum atomic E-state index is 0.0877. The smallest absolute Gasteiger partial charge is 0.264 e. The molecule has 2 amide bonds. The van der Waals surface area contributed by atoms with Crippen LogP contribution in [0.5, 0.6) is 0 Å². The quantitative estimate of drug-likeness (QED) is 0.767. The molecule has 1 N–H and O–H groups in total. The Kier molecular flexibility index (Phi) is 7.24. The molecule has 0 unspecified atom stereocenters. The summed E-state index contributed by atoms with van der Waals surface area (Å²) >= 11 is 1.61. The van der Waals surface area contributed by atoms with E-state index in [0.717, 1.165) is 43.8 Å². The number of carbonyl (C=O) groups excluding carboxylic acids is 2. The minimum absolute atomic E-state index is 0.0877. The molecule has 134 valence electrons. The molecule has 0 saturated carbocycles. The molecule has 0 spiro atoms. The first-order chi connectivity index (χ1) is 11.5. The second-order valence-electron chi connectivity index (χ2n) is 6.34. The molecular formula is C18H29N3O2S. The number of hydrogen-bond acceptors (Lipinski definition) is 4. The first-order valence-corrected chi connectivity index (χ1v) is 9.74. The topological polar surface area (TPSA) is 52.7 Å². The first kappa shape index (κ1) is 18.9. The summed E-state index contributed by atoms with van der Waals surface area (Å²) in [5, 5.41) is 2.95. The first-order valence-electron chi connectivity index (χ1n) is 8.92. The Morgan fingerprint density at radius 2 is 1.92 bits per heavy atom. The molecule has 5 nitrogen and oxygen atoms in total. The number of carbonyl (C=O) groups is 2. The van der Waals surface area contributed by atoms with Gasteiger partial charge >= 0.3 is 0 Å². The number of hydrogen-bond donors (Lipinski definition) is 1. The zero-order valence-corrected chi connectivity index (χ0v) is 15.9. The Bertz CT molecular complexity index is 563. The van der Waals surface area contributed by atoms with Gasteiger partial charge in [0, 0.05) is 37.6 Å². The summed E-state index contributed by atoms with van der Waals surface area (Å²) in [5.41, 5.74) is 1.22. The predicted octanol–water partition coefficient (Wildman–Crippen LogP) is 2.29. The van der Waals surface area contributed by atoms with Crippen molar-refractivity contribution in [2.75, 3.05) is 39.3 Å². The number of aryl methyl sites for hydroxylation is 2. The molecule has 24 heavy (non-hydrogen) atoms. The standard InChI is InChI=1S/C18H29N3O2S/c1-4-6-7-19-17(22)13-20-8-10-21(11-9-20)18(23)16-12-14(3)15(5-2)24-16/h12H,4-11,13H2,1-3H3,(H,19,22). The molecule has 2 heterocycles. The van der Waals surface area contributed by atoms with Crippen LogP contribution in [0.2, 0.25) is 0 Å². The molecule has 6 heteroatoms. The van der Waals surface area contributed by atoms with Gasteiger partial charge < -0.3 is 10.2 Å². The van der Waals surface area contributed by atoms with Gasteiger partial charge in [0.15, 0.2) is 0 Å². The summed E-state index contributed by atoms with van der Waals surface area (Å²) in [6, 6.07) is 2.01. The van der Waals surface area contributed by atoms with E-state index in [2.05, 4.69) is 31.0 Å². The van der Waals surface area contributed by atoms with Gasteiger partial charge in [0.25, 0.3) is 5.91 Å². The summed E-state index contributed by atoms with van der Waals surface area (Å²) in [4.78, 5) is 30.7. The van der Waals surface area contributed by atoms with E-state index in [9.17, 15) is 9.59 Å². The van der Waals surface area contributed by atoms with Crippen LogP contribution in [0.4, 0.5) is 0 Å². The van der Waals surface area contributed by atoms with E-state index in [-0.39, 0.29) is 11.8 Å². The number of nitrogens with zero attached hydrogens (tertiary/aromatic N) is 2. The lowest BCUT2D eigenvalue weighted by Crippen LogP contribution is -2.51. The van der Waals surface area contributed by atoms with Crippen molar-refractivity contribution in [1.82, 2.24) is 15.1 Å². The summed E-state index contributed by atoms with van der Waals surface area (Å²) in [7, 11) is 0. The SMILES string of the molecule is CCCCNC(=O)CN1CCN(C(=O)c2cc(C)c(CC)s2)CC1. The fourth-order valence-corrected chi connectivity index (χ4v) is 3.99. The van der Waals surface area contributed by atoms with Crippen LogP contribution in [0.25, 0.3) is 0 Å². The van der Waals surface area contributed by atoms with E-state index >= 15 is 0 Å². The normalized spacial score (nSPS) is 15.5. The maximum absolute atomic E-state index is 12.6. The predicted molar refractivity (Wildman–Crippen MR) is 98.7 cm³/mol. The summed E-state index contributed by atoms with van der Waals surface area (Å²) in [6.07, 6.45) is 3.09. The van der Waals surface area contributed by atoms with E-state index < -0.39 is 0 Å². The van der Waals surface area contributed by atoms with Gasteiger partial charge in [-0.2, -0.15) is 0 Å². The number of nitrogens with one attached hydrogen (secondary N) is 1. The number of thiophene rings is 1. The second kappa shape index (κ2) is 9.18. The number of piperazine rings is 1. The Hall–Kier alpha value is -1.40. The van der Waals surface area contributed by atoms with E-state index in [0.29, 0.717) is 19.6 Å². The van der Waals surface area contributed by atoms with E-state index in [1.807, 2.05) is 11.0 Å². The molecule has 1 aromatic rings. The third kappa shape index (κ3) is 5.05. The third-order valence-corrected chi connectivity index (χ3v) is 5.80. The van der Waals surface area contributed by atoms with E-state index in [1.54, 1.807) is 11.3 Å². The van der Waals surface area contributed by atoms with Gasteiger partial charge in [-0.25, -0.2) is 0 Å². The Morgan fingerprint density at radius 1 is 1.21 bits per heavy atom. The van der Waals surface area contributed by atoms with Crippen LogP contribution in [0.1, 0.15) is 46.8 Å². The van der Waals surface area contributed by atoms with Crippen molar-refractivity contribution in [2.45, 2.75) is 40.0 Å². The van der Waals surface area contributed by atoms with Crippen molar-refractivity contribution in [3.05, 3.63) is 21.4 Å². The fraction of sp³-hybridized carbons (Fsp3) is 0.667. The van der Waals surface area contributed by atoms with Crippen molar-refractivity contribution < 1.29 is 9.59 Å². The molecule has 0 aliphatic carbocycles. The maximum atomic E-state index is 12.6. The highest BCUT2D eigenvalue weighted by Crippen LogP contribution is 2.24. The average molecular weight is 352 g/mol. The molecule has 0 bridgehead atoms. The molecule has 1 aliphatic rings.